The molecule has 0 spiro atoms. The van der Waals surface area contributed by atoms with Gasteiger partial charge in [0.25, 0.3) is 15.9 Å². The van der Waals surface area contributed by atoms with Crippen molar-refractivity contribution in [2.75, 3.05) is 10.8 Å². The molecule has 0 aliphatic rings. The topological polar surface area (TPSA) is 83.8 Å². The lowest BCUT2D eigenvalue weighted by Crippen LogP contribution is -2.39. The molecule has 0 aliphatic heterocycles. The van der Waals surface area contributed by atoms with Crippen molar-refractivity contribution in [3.63, 3.8) is 0 Å². The number of nitrogens with one attached hydrogen (secondary N) is 1. The molecule has 0 aliphatic carbocycles. The Kier molecular flexibility index (Phi) is 8.06. The molecule has 202 valence electrons. The molecule has 0 saturated heterocycles. The molecule has 3 aromatic carbocycles. The summed E-state index contributed by atoms with van der Waals surface area (Å²) in [6.45, 7) is 11.6. The van der Waals surface area contributed by atoms with Gasteiger partial charge in [-0.2, -0.15) is 5.10 Å². The summed E-state index contributed by atoms with van der Waals surface area (Å²) in [6, 6.07) is 21.8. The third kappa shape index (κ3) is 5.96. The number of amides is 1. The van der Waals surface area contributed by atoms with Crippen LogP contribution in [0.2, 0.25) is 0 Å². The molecular weight excluding hydrogens is 508 g/mol. The lowest BCUT2D eigenvalue weighted by Gasteiger charge is -2.24. The minimum Gasteiger partial charge on any atom is -0.318 e. The van der Waals surface area contributed by atoms with E-state index in [1.54, 1.807) is 36.5 Å². The van der Waals surface area contributed by atoms with E-state index in [-0.39, 0.29) is 4.90 Å². The largest absolute Gasteiger partial charge is 0.318 e. The number of carbonyl (C=O) groups excluding carboxylic acids is 1. The average molecular weight is 543 g/mol. The zero-order valence-corrected chi connectivity index (χ0v) is 24.0. The Morgan fingerprint density at radius 1 is 0.872 bits per heavy atom. The standard InChI is InChI=1S/C31H34N4O3S/c1-21-12-15-30(24(4)16-21)35-25(5)18-27(26(35)6)19-32-33-31(36)20-34(28-14-13-22(2)23(3)17-28)39(37,38)29-10-8-7-9-11-29/h7-19H,20H2,1-6H3,(H,33,36)/b32-19+. The zero-order valence-electron chi connectivity index (χ0n) is 23.2. The van der Waals surface area contributed by atoms with Crippen LogP contribution in [0.1, 0.15) is 39.2 Å². The van der Waals surface area contributed by atoms with Crippen LogP contribution in [0, 0.1) is 41.5 Å². The number of rotatable bonds is 8. The first-order chi connectivity index (χ1) is 18.5. The molecule has 0 atom stereocenters. The molecule has 1 amide bonds. The molecule has 1 N–H and O–H groups in total. The van der Waals surface area contributed by atoms with Gasteiger partial charge in [-0.05, 0) is 94.6 Å². The average Bonchev–Trinajstić information content (AvgIpc) is 3.17. The van der Waals surface area contributed by atoms with Crippen molar-refractivity contribution >= 4 is 27.8 Å². The van der Waals surface area contributed by atoms with Crippen molar-refractivity contribution in [2.24, 2.45) is 5.10 Å². The van der Waals surface area contributed by atoms with E-state index in [0.717, 1.165) is 38.1 Å². The normalized spacial score (nSPS) is 11.6. The smallest absolute Gasteiger partial charge is 0.264 e. The van der Waals surface area contributed by atoms with Gasteiger partial charge in [-0.25, -0.2) is 13.8 Å². The second-order valence-corrected chi connectivity index (χ2v) is 11.7. The van der Waals surface area contributed by atoms with Gasteiger partial charge in [0.15, 0.2) is 0 Å². The molecule has 1 aromatic heterocycles. The van der Waals surface area contributed by atoms with Crippen LogP contribution in [0.4, 0.5) is 5.69 Å². The number of carbonyl (C=O) groups is 1. The SMILES string of the molecule is Cc1ccc(-n2c(C)cc(/C=N/NC(=O)CN(c3ccc(C)c(C)c3)S(=O)(=O)c3ccccc3)c2C)c(C)c1. The Morgan fingerprint density at radius 3 is 2.26 bits per heavy atom. The van der Waals surface area contributed by atoms with Gasteiger partial charge >= 0.3 is 0 Å². The van der Waals surface area contributed by atoms with Crippen molar-refractivity contribution in [1.29, 1.82) is 0 Å². The Bertz CT molecular complexity index is 1650. The Hall–Kier alpha value is -4.17. The quantitative estimate of drug-likeness (QED) is 0.230. The fourth-order valence-corrected chi connectivity index (χ4v) is 6.03. The molecule has 4 rings (SSSR count). The maximum Gasteiger partial charge on any atom is 0.264 e. The second-order valence-electron chi connectivity index (χ2n) is 9.84. The molecule has 39 heavy (non-hydrogen) atoms. The first-order valence-electron chi connectivity index (χ1n) is 12.7. The van der Waals surface area contributed by atoms with Gasteiger partial charge in [0, 0.05) is 22.6 Å². The minimum absolute atomic E-state index is 0.110. The van der Waals surface area contributed by atoms with Crippen LogP contribution in [-0.4, -0.2) is 31.7 Å². The molecule has 0 bridgehead atoms. The zero-order chi connectivity index (χ0) is 28.3. The number of sulfonamides is 1. The van der Waals surface area contributed by atoms with Gasteiger partial charge in [0.05, 0.1) is 16.8 Å². The minimum atomic E-state index is -3.99. The molecular formula is C31H34N4O3S. The first-order valence-corrected chi connectivity index (χ1v) is 14.2. The van der Waals surface area contributed by atoms with Crippen LogP contribution in [0.15, 0.2) is 82.8 Å². The maximum absolute atomic E-state index is 13.5. The Balaban J connectivity index is 1.57. The Morgan fingerprint density at radius 2 is 1.59 bits per heavy atom. The molecule has 0 unspecified atom stereocenters. The third-order valence-electron chi connectivity index (χ3n) is 6.85. The Labute approximate surface area is 230 Å². The van der Waals surface area contributed by atoms with E-state index in [1.165, 1.54) is 23.3 Å². The molecule has 8 heteroatoms. The summed E-state index contributed by atoms with van der Waals surface area (Å²) >= 11 is 0. The highest BCUT2D eigenvalue weighted by atomic mass is 32.2. The number of aryl methyl sites for hydroxylation is 5. The summed E-state index contributed by atoms with van der Waals surface area (Å²) in [5.74, 6) is -0.549. The lowest BCUT2D eigenvalue weighted by molar-refractivity contribution is -0.119. The van der Waals surface area contributed by atoms with Gasteiger partial charge in [-0.1, -0.05) is 42.0 Å². The predicted octanol–water partition coefficient (Wildman–Crippen LogP) is 5.67. The third-order valence-corrected chi connectivity index (χ3v) is 8.64. The van der Waals surface area contributed by atoms with E-state index in [4.69, 9.17) is 0 Å². The molecule has 0 radical (unpaired) electrons. The van der Waals surface area contributed by atoms with Crippen molar-refractivity contribution in [2.45, 2.75) is 46.4 Å². The maximum atomic E-state index is 13.5. The van der Waals surface area contributed by atoms with Crippen molar-refractivity contribution in [1.82, 2.24) is 9.99 Å². The highest BCUT2D eigenvalue weighted by Crippen LogP contribution is 2.26. The van der Waals surface area contributed by atoms with Gasteiger partial charge in [0.1, 0.15) is 6.54 Å². The first kappa shape index (κ1) is 27.9. The summed E-state index contributed by atoms with van der Waals surface area (Å²) < 4.78 is 30.3. The molecule has 0 fully saturated rings. The van der Waals surface area contributed by atoms with E-state index < -0.39 is 22.5 Å². The fourth-order valence-electron chi connectivity index (χ4n) is 4.60. The number of benzene rings is 3. The van der Waals surface area contributed by atoms with Gasteiger partial charge < -0.3 is 4.57 Å². The van der Waals surface area contributed by atoms with Crippen LogP contribution >= 0.6 is 0 Å². The lowest BCUT2D eigenvalue weighted by atomic mass is 10.1. The number of aromatic nitrogens is 1. The van der Waals surface area contributed by atoms with Crippen LogP contribution in [0.3, 0.4) is 0 Å². The number of hydrogen-bond acceptors (Lipinski definition) is 4. The fraction of sp³-hybridized carbons (Fsp3) is 0.226. The summed E-state index contributed by atoms with van der Waals surface area (Å²) in [6.07, 6.45) is 1.59. The molecule has 1 heterocycles. The van der Waals surface area contributed by atoms with Crippen molar-refractivity contribution in [3.8, 4) is 5.69 Å². The van der Waals surface area contributed by atoms with Crippen LogP contribution in [0.5, 0.6) is 0 Å². The van der Waals surface area contributed by atoms with E-state index in [1.807, 2.05) is 39.8 Å². The second kappa shape index (κ2) is 11.3. The van der Waals surface area contributed by atoms with Crippen LogP contribution in [0.25, 0.3) is 5.69 Å². The van der Waals surface area contributed by atoms with Crippen LogP contribution < -0.4 is 9.73 Å². The van der Waals surface area contributed by atoms with Gasteiger partial charge in [0.2, 0.25) is 0 Å². The highest BCUT2D eigenvalue weighted by molar-refractivity contribution is 7.92. The van der Waals surface area contributed by atoms with E-state index >= 15 is 0 Å². The van der Waals surface area contributed by atoms with Crippen molar-refractivity contribution < 1.29 is 13.2 Å². The highest BCUT2D eigenvalue weighted by Gasteiger charge is 2.27. The monoisotopic (exact) mass is 542 g/mol. The van der Waals surface area contributed by atoms with E-state index in [2.05, 4.69) is 47.1 Å². The number of nitrogens with zero attached hydrogens (tertiary/aromatic N) is 3. The predicted molar refractivity (Wildman–Crippen MR) is 157 cm³/mol. The van der Waals surface area contributed by atoms with Crippen LogP contribution in [-0.2, 0) is 14.8 Å². The van der Waals surface area contributed by atoms with Crippen molar-refractivity contribution in [3.05, 3.63) is 112 Å². The van der Waals surface area contributed by atoms with E-state index in [0.29, 0.717) is 5.69 Å². The number of hydrogen-bond donors (Lipinski definition) is 1. The summed E-state index contributed by atoms with van der Waals surface area (Å²) in [5.41, 5.74) is 11.2. The molecule has 7 nitrogen and oxygen atoms in total. The molecule has 4 aromatic rings. The van der Waals surface area contributed by atoms with Gasteiger partial charge in [-0.3, -0.25) is 9.10 Å². The number of hydrazone groups is 1. The summed E-state index contributed by atoms with van der Waals surface area (Å²) in [7, 11) is -3.99. The summed E-state index contributed by atoms with van der Waals surface area (Å²) in [5, 5.41) is 4.16. The molecule has 0 saturated carbocycles. The van der Waals surface area contributed by atoms with Gasteiger partial charge in [-0.15, -0.1) is 0 Å². The summed E-state index contributed by atoms with van der Waals surface area (Å²) in [4.78, 5) is 13.1. The van der Waals surface area contributed by atoms with E-state index in [9.17, 15) is 13.2 Å². The number of anilines is 1.